The van der Waals surface area contributed by atoms with Crippen molar-refractivity contribution >= 4 is 23.2 Å². The highest BCUT2D eigenvalue weighted by molar-refractivity contribution is 5.90. The van der Waals surface area contributed by atoms with Crippen LogP contribution in [0.4, 0.5) is 11.4 Å². The number of piperidine rings is 1. The lowest BCUT2D eigenvalue weighted by Crippen LogP contribution is -2.48. The van der Waals surface area contributed by atoms with Crippen LogP contribution in [0.15, 0.2) is 18.2 Å². The number of anilines is 2. The number of nitrogens with zero attached hydrogens (tertiary/aromatic N) is 1. The number of methoxy groups -OCH3 is 1. The monoisotopic (exact) mass is 347 g/mol. The summed E-state index contributed by atoms with van der Waals surface area (Å²) in [6, 6.07) is 4.95. The molecule has 0 radical (unpaired) electrons. The fraction of sp³-hybridized carbons (Fsp3) is 0.579. The lowest BCUT2D eigenvalue weighted by molar-refractivity contribution is -0.134. The van der Waals surface area contributed by atoms with E-state index in [0.29, 0.717) is 29.0 Å². The highest BCUT2D eigenvalue weighted by atomic mass is 16.5. The van der Waals surface area contributed by atoms with Gasteiger partial charge < -0.3 is 20.3 Å². The van der Waals surface area contributed by atoms with E-state index in [1.54, 1.807) is 25.3 Å². The molecule has 25 heavy (non-hydrogen) atoms. The molecule has 0 aliphatic carbocycles. The molecule has 1 fully saturated rings. The summed E-state index contributed by atoms with van der Waals surface area (Å²) < 4.78 is 5.37. The summed E-state index contributed by atoms with van der Waals surface area (Å²) in [6.45, 7) is 9.30. The van der Waals surface area contributed by atoms with Crippen LogP contribution in [0.25, 0.3) is 0 Å². The SMILES string of the molecule is COc1ccc(NC(C)=O)cc1N[C@H](C)C(=O)N1C[C@@H](C)C[C@H](C)C1. The number of rotatable bonds is 5. The van der Waals surface area contributed by atoms with Crippen LogP contribution in [-0.4, -0.2) is 43.0 Å². The Hall–Kier alpha value is -2.24. The summed E-state index contributed by atoms with van der Waals surface area (Å²) in [4.78, 5) is 26.0. The van der Waals surface area contributed by atoms with Gasteiger partial charge in [-0.05, 0) is 43.4 Å². The molecule has 0 unspecified atom stereocenters. The van der Waals surface area contributed by atoms with Crippen molar-refractivity contribution in [2.45, 2.75) is 40.2 Å². The van der Waals surface area contributed by atoms with E-state index >= 15 is 0 Å². The van der Waals surface area contributed by atoms with E-state index in [1.807, 2.05) is 11.8 Å². The van der Waals surface area contributed by atoms with Crippen molar-refractivity contribution in [3.05, 3.63) is 18.2 Å². The fourth-order valence-electron chi connectivity index (χ4n) is 3.51. The zero-order valence-corrected chi connectivity index (χ0v) is 15.8. The van der Waals surface area contributed by atoms with Crippen molar-refractivity contribution in [3.8, 4) is 5.75 Å². The highest BCUT2D eigenvalue weighted by Crippen LogP contribution is 2.29. The second-order valence-electron chi connectivity index (χ2n) is 7.15. The molecule has 6 heteroatoms. The maximum absolute atomic E-state index is 12.8. The van der Waals surface area contributed by atoms with Crippen LogP contribution in [0.1, 0.15) is 34.1 Å². The third kappa shape index (κ3) is 5.11. The molecule has 3 atom stereocenters. The zero-order valence-electron chi connectivity index (χ0n) is 15.8. The van der Waals surface area contributed by atoms with Crippen LogP contribution in [-0.2, 0) is 9.59 Å². The maximum atomic E-state index is 12.8. The molecule has 6 nitrogen and oxygen atoms in total. The van der Waals surface area contributed by atoms with E-state index < -0.39 is 0 Å². The number of amides is 2. The molecule has 1 heterocycles. The molecule has 1 aromatic carbocycles. The Kier molecular flexibility index (Phi) is 6.28. The first-order valence-corrected chi connectivity index (χ1v) is 8.81. The molecule has 0 spiro atoms. The van der Waals surface area contributed by atoms with Crippen LogP contribution in [0.3, 0.4) is 0 Å². The number of benzene rings is 1. The van der Waals surface area contributed by atoms with Crippen LogP contribution >= 0.6 is 0 Å². The van der Waals surface area contributed by atoms with Crippen molar-refractivity contribution in [1.29, 1.82) is 0 Å². The average Bonchev–Trinajstić information content (AvgIpc) is 2.53. The maximum Gasteiger partial charge on any atom is 0.244 e. The fourth-order valence-corrected chi connectivity index (χ4v) is 3.51. The van der Waals surface area contributed by atoms with E-state index in [1.165, 1.54) is 6.92 Å². The largest absolute Gasteiger partial charge is 0.495 e. The third-order valence-corrected chi connectivity index (χ3v) is 4.44. The summed E-state index contributed by atoms with van der Waals surface area (Å²) in [6.07, 6.45) is 1.16. The van der Waals surface area contributed by atoms with Crippen molar-refractivity contribution < 1.29 is 14.3 Å². The van der Waals surface area contributed by atoms with Crippen molar-refractivity contribution in [1.82, 2.24) is 4.90 Å². The first-order chi connectivity index (χ1) is 11.8. The number of ether oxygens (including phenoxy) is 1. The minimum absolute atomic E-state index is 0.0883. The Morgan fingerprint density at radius 3 is 2.44 bits per heavy atom. The van der Waals surface area contributed by atoms with Crippen LogP contribution in [0.5, 0.6) is 5.75 Å². The van der Waals surface area contributed by atoms with Gasteiger partial charge in [-0.25, -0.2) is 0 Å². The van der Waals surface area contributed by atoms with Crippen molar-refractivity contribution in [2.24, 2.45) is 11.8 Å². The molecular weight excluding hydrogens is 318 g/mol. The van der Waals surface area contributed by atoms with E-state index in [2.05, 4.69) is 24.5 Å². The Balaban J connectivity index is 2.11. The third-order valence-electron chi connectivity index (χ3n) is 4.44. The van der Waals surface area contributed by atoms with E-state index in [4.69, 9.17) is 4.74 Å². The minimum Gasteiger partial charge on any atom is -0.495 e. The first kappa shape index (κ1) is 19.1. The topological polar surface area (TPSA) is 70.7 Å². The number of hydrogen-bond donors (Lipinski definition) is 2. The van der Waals surface area contributed by atoms with Gasteiger partial charge in [-0.3, -0.25) is 9.59 Å². The van der Waals surface area contributed by atoms with Gasteiger partial charge in [0.2, 0.25) is 11.8 Å². The predicted molar refractivity (Wildman–Crippen MR) is 99.9 cm³/mol. The molecule has 0 saturated carbocycles. The lowest BCUT2D eigenvalue weighted by atomic mass is 9.91. The minimum atomic E-state index is -0.376. The molecule has 2 rings (SSSR count). The standard InChI is InChI=1S/C19H29N3O3/c1-12-8-13(2)11-22(10-12)19(24)14(3)20-17-9-16(21-15(4)23)6-7-18(17)25-5/h6-7,9,12-14,20H,8,10-11H2,1-5H3,(H,21,23)/t12-,13-,14+/m0/s1. The molecule has 138 valence electrons. The second-order valence-corrected chi connectivity index (χ2v) is 7.15. The normalized spacial score (nSPS) is 21.4. The predicted octanol–water partition coefficient (Wildman–Crippen LogP) is 2.96. The number of nitrogens with one attached hydrogen (secondary N) is 2. The van der Waals surface area contributed by atoms with Crippen molar-refractivity contribution in [3.63, 3.8) is 0 Å². The summed E-state index contributed by atoms with van der Waals surface area (Å²) in [5.41, 5.74) is 1.35. The molecule has 0 aromatic heterocycles. The first-order valence-electron chi connectivity index (χ1n) is 8.81. The van der Waals surface area contributed by atoms with Gasteiger partial charge in [0.25, 0.3) is 0 Å². The lowest BCUT2D eigenvalue weighted by Gasteiger charge is -2.36. The Labute approximate surface area is 149 Å². The van der Waals surface area contributed by atoms with E-state index in [-0.39, 0.29) is 17.9 Å². The number of carbonyl (C=O) groups excluding carboxylic acids is 2. The molecule has 2 amide bonds. The molecule has 2 N–H and O–H groups in total. The average molecular weight is 347 g/mol. The van der Waals surface area contributed by atoms with Gasteiger partial charge in [0.1, 0.15) is 11.8 Å². The van der Waals surface area contributed by atoms with Gasteiger partial charge in [0, 0.05) is 25.7 Å². The molecule has 1 saturated heterocycles. The van der Waals surface area contributed by atoms with Gasteiger partial charge in [-0.2, -0.15) is 0 Å². The van der Waals surface area contributed by atoms with Gasteiger partial charge in [-0.1, -0.05) is 13.8 Å². The van der Waals surface area contributed by atoms with Crippen LogP contribution in [0, 0.1) is 11.8 Å². The van der Waals surface area contributed by atoms with Crippen LogP contribution < -0.4 is 15.4 Å². The number of likely N-dealkylation sites (tertiary alicyclic amines) is 1. The molecule has 0 bridgehead atoms. The van der Waals surface area contributed by atoms with Crippen molar-refractivity contribution in [2.75, 3.05) is 30.8 Å². The molecule has 1 aliphatic heterocycles. The molecular formula is C19H29N3O3. The Bertz CT molecular complexity index is 622. The molecule has 1 aliphatic rings. The zero-order chi connectivity index (χ0) is 18.6. The summed E-state index contributed by atoms with van der Waals surface area (Å²) in [7, 11) is 1.58. The van der Waals surface area contributed by atoms with Gasteiger partial charge in [0.15, 0.2) is 0 Å². The van der Waals surface area contributed by atoms with Gasteiger partial charge in [0.05, 0.1) is 12.8 Å². The quantitative estimate of drug-likeness (QED) is 0.859. The Morgan fingerprint density at radius 2 is 1.88 bits per heavy atom. The van der Waals surface area contributed by atoms with E-state index in [9.17, 15) is 9.59 Å². The van der Waals surface area contributed by atoms with Crippen LogP contribution in [0.2, 0.25) is 0 Å². The summed E-state index contributed by atoms with van der Waals surface area (Å²) >= 11 is 0. The summed E-state index contributed by atoms with van der Waals surface area (Å²) in [5, 5.41) is 5.98. The number of carbonyl (C=O) groups is 2. The number of hydrogen-bond acceptors (Lipinski definition) is 4. The highest BCUT2D eigenvalue weighted by Gasteiger charge is 2.28. The Morgan fingerprint density at radius 1 is 1.24 bits per heavy atom. The van der Waals surface area contributed by atoms with Gasteiger partial charge >= 0.3 is 0 Å². The van der Waals surface area contributed by atoms with E-state index in [0.717, 1.165) is 19.5 Å². The summed E-state index contributed by atoms with van der Waals surface area (Å²) in [5.74, 6) is 1.63. The smallest absolute Gasteiger partial charge is 0.244 e. The second kappa shape index (κ2) is 8.23. The van der Waals surface area contributed by atoms with Gasteiger partial charge in [-0.15, -0.1) is 0 Å². The molecule has 1 aromatic rings.